The van der Waals surface area contributed by atoms with Gasteiger partial charge in [-0.05, 0) is 12.1 Å². The molecule has 1 aliphatic heterocycles. The highest BCUT2D eigenvalue weighted by Gasteiger charge is 2.10. The fourth-order valence-corrected chi connectivity index (χ4v) is 1.94. The van der Waals surface area contributed by atoms with Crippen LogP contribution in [0.3, 0.4) is 0 Å². The maximum atomic E-state index is 13.5. The summed E-state index contributed by atoms with van der Waals surface area (Å²) in [5, 5.41) is 3.10. The molecule has 1 heterocycles. The number of ether oxygens (including phenoxy) is 2. The zero-order valence-electron chi connectivity index (χ0n) is 10.6. The number of morpholine rings is 1. The quantitative estimate of drug-likeness (QED) is 0.865. The van der Waals surface area contributed by atoms with Crippen LogP contribution >= 0.6 is 0 Å². The van der Waals surface area contributed by atoms with Gasteiger partial charge in [0, 0.05) is 32.2 Å². The molecule has 0 saturated carbocycles. The molecule has 100 valence electrons. The first-order valence-electron chi connectivity index (χ1n) is 6.17. The van der Waals surface area contributed by atoms with Crippen LogP contribution in [0, 0.1) is 5.82 Å². The van der Waals surface area contributed by atoms with E-state index in [1.54, 1.807) is 19.2 Å². The van der Waals surface area contributed by atoms with E-state index < -0.39 is 0 Å². The Morgan fingerprint density at radius 2 is 2.17 bits per heavy atom. The van der Waals surface area contributed by atoms with E-state index in [0.29, 0.717) is 18.0 Å². The second kappa shape index (κ2) is 6.56. The zero-order chi connectivity index (χ0) is 12.8. The molecule has 2 rings (SSSR count). The van der Waals surface area contributed by atoms with Crippen LogP contribution in [0.2, 0.25) is 0 Å². The van der Waals surface area contributed by atoms with Gasteiger partial charge in [0.05, 0.1) is 26.0 Å². The highest BCUT2D eigenvalue weighted by Crippen LogP contribution is 2.20. The molecule has 0 radical (unpaired) electrons. The smallest absolute Gasteiger partial charge is 0.146 e. The summed E-state index contributed by atoms with van der Waals surface area (Å²) in [5.74, 6) is 0.406. The van der Waals surface area contributed by atoms with Crippen LogP contribution in [-0.2, 0) is 4.74 Å². The second-order valence-corrected chi connectivity index (χ2v) is 4.23. The van der Waals surface area contributed by atoms with Gasteiger partial charge in [-0.15, -0.1) is 0 Å². The molecular weight excluding hydrogens is 235 g/mol. The van der Waals surface area contributed by atoms with Crippen molar-refractivity contribution in [3.8, 4) is 5.75 Å². The third-order valence-electron chi connectivity index (χ3n) is 3.02. The van der Waals surface area contributed by atoms with Crippen molar-refractivity contribution >= 4 is 5.69 Å². The highest BCUT2D eigenvalue weighted by molar-refractivity contribution is 5.49. The molecular formula is C13H19FN2O2. The average Bonchev–Trinajstić information content (AvgIpc) is 2.42. The number of methoxy groups -OCH3 is 1. The van der Waals surface area contributed by atoms with Crippen LogP contribution < -0.4 is 10.1 Å². The average molecular weight is 254 g/mol. The Kier molecular flexibility index (Phi) is 4.78. The summed E-state index contributed by atoms with van der Waals surface area (Å²) in [6.07, 6.45) is 0. The summed E-state index contributed by atoms with van der Waals surface area (Å²) in [6.45, 7) is 5.07. The predicted molar refractivity (Wildman–Crippen MR) is 68.7 cm³/mol. The van der Waals surface area contributed by atoms with E-state index in [2.05, 4.69) is 10.2 Å². The molecule has 0 bridgehead atoms. The number of nitrogens with zero attached hydrogens (tertiary/aromatic N) is 1. The minimum atomic E-state index is -0.252. The van der Waals surface area contributed by atoms with Gasteiger partial charge in [-0.1, -0.05) is 0 Å². The molecule has 0 unspecified atom stereocenters. The standard InChI is InChI=1S/C13H19FN2O2/c1-17-11-2-3-12(14)13(10-11)15-4-5-16-6-8-18-9-7-16/h2-3,10,15H,4-9H2,1H3. The largest absolute Gasteiger partial charge is 0.497 e. The number of hydrogen-bond donors (Lipinski definition) is 1. The monoisotopic (exact) mass is 254 g/mol. The van der Waals surface area contributed by atoms with E-state index in [-0.39, 0.29) is 5.82 Å². The second-order valence-electron chi connectivity index (χ2n) is 4.23. The predicted octanol–water partition coefficient (Wildman–Crippen LogP) is 1.58. The number of benzene rings is 1. The van der Waals surface area contributed by atoms with E-state index >= 15 is 0 Å². The molecule has 0 aromatic heterocycles. The number of nitrogens with one attached hydrogen (secondary N) is 1. The van der Waals surface area contributed by atoms with Crippen LogP contribution in [0.15, 0.2) is 18.2 Å². The highest BCUT2D eigenvalue weighted by atomic mass is 19.1. The Bertz CT molecular complexity index is 381. The first-order chi connectivity index (χ1) is 8.79. The fraction of sp³-hybridized carbons (Fsp3) is 0.538. The third-order valence-corrected chi connectivity index (χ3v) is 3.02. The van der Waals surface area contributed by atoms with Gasteiger partial charge < -0.3 is 14.8 Å². The first kappa shape index (κ1) is 13.1. The van der Waals surface area contributed by atoms with Gasteiger partial charge in [0.25, 0.3) is 0 Å². The Morgan fingerprint density at radius 1 is 1.39 bits per heavy atom. The molecule has 1 aromatic carbocycles. The summed E-state index contributed by atoms with van der Waals surface area (Å²) in [6, 6.07) is 4.70. The van der Waals surface area contributed by atoms with Crippen molar-refractivity contribution in [2.75, 3.05) is 51.8 Å². The minimum absolute atomic E-state index is 0.252. The lowest BCUT2D eigenvalue weighted by molar-refractivity contribution is 0.0398. The van der Waals surface area contributed by atoms with E-state index in [0.717, 1.165) is 32.8 Å². The van der Waals surface area contributed by atoms with Gasteiger partial charge in [0.15, 0.2) is 0 Å². The van der Waals surface area contributed by atoms with Crippen LogP contribution in [0.4, 0.5) is 10.1 Å². The number of hydrogen-bond acceptors (Lipinski definition) is 4. The molecule has 18 heavy (non-hydrogen) atoms. The maximum Gasteiger partial charge on any atom is 0.146 e. The van der Waals surface area contributed by atoms with Crippen molar-refractivity contribution in [3.05, 3.63) is 24.0 Å². The Morgan fingerprint density at radius 3 is 2.89 bits per heavy atom. The summed E-state index contributed by atoms with van der Waals surface area (Å²) < 4.78 is 23.9. The molecule has 4 nitrogen and oxygen atoms in total. The van der Waals surface area contributed by atoms with Gasteiger partial charge in [0.2, 0.25) is 0 Å². The van der Waals surface area contributed by atoms with Crippen molar-refractivity contribution in [3.63, 3.8) is 0 Å². The molecule has 1 fully saturated rings. The summed E-state index contributed by atoms with van der Waals surface area (Å²) in [5.41, 5.74) is 0.489. The normalized spacial score (nSPS) is 16.6. The minimum Gasteiger partial charge on any atom is -0.497 e. The lowest BCUT2D eigenvalue weighted by Gasteiger charge is -2.26. The molecule has 5 heteroatoms. The van der Waals surface area contributed by atoms with Crippen molar-refractivity contribution in [2.24, 2.45) is 0 Å². The van der Waals surface area contributed by atoms with E-state index in [9.17, 15) is 4.39 Å². The van der Waals surface area contributed by atoms with E-state index in [1.165, 1.54) is 6.07 Å². The van der Waals surface area contributed by atoms with Gasteiger partial charge in [-0.25, -0.2) is 4.39 Å². The number of rotatable bonds is 5. The van der Waals surface area contributed by atoms with Crippen molar-refractivity contribution < 1.29 is 13.9 Å². The van der Waals surface area contributed by atoms with Crippen molar-refractivity contribution in [2.45, 2.75) is 0 Å². The molecule has 1 saturated heterocycles. The van der Waals surface area contributed by atoms with Gasteiger partial charge in [0.1, 0.15) is 11.6 Å². The zero-order valence-corrected chi connectivity index (χ0v) is 10.6. The van der Waals surface area contributed by atoms with Crippen LogP contribution in [0.1, 0.15) is 0 Å². The summed E-state index contributed by atoms with van der Waals surface area (Å²) >= 11 is 0. The van der Waals surface area contributed by atoms with Gasteiger partial charge in [-0.3, -0.25) is 4.90 Å². The van der Waals surface area contributed by atoms with Crippen LogP contribution in [0.5, 0.6) is 5.75 Å². The molecule has 1 N–H and O–H groups in total. The lowest BCUT2D eigenvalue weighted by Crippen LogP contribution is -2.39. The van der Waals surface area contributed by atoms with Gasteiger partial charge in [-0.2, -0.15) is 0 Å². The first-order valence-corrected chi connectivity index (χ1v) is 6.17. The molecule has 1 aromatic rings. The number of anilines is 1. The SMILES string of the molecule is COc1ccc(F)c(NCCN2CCOCC2)c1. The molecule has 0 atom stereocenters. The van der Waals surface area contributed by atoms with Crippen LogP contribution in [-0.4, -0.2) is 51.4 Å². The summed E-state index contributed by atoms with van der Waals surface area (Å²) in [4.78, 5) is 2.30. The lowest BCUT2D eigenvalue weighted by atomic mass is 10.3. The Labute approximate surface area is 107 Å². The molecule has 0 aliphatic carbocycles. The Hall–Kier alpha value is -1.33. The Balaban J connectivity index is 1.81. The van der Waals surface area contributed by atoms with E-state index in [1.807, 2.05) is 0 Å². The van der Waals surface area contributed by atoms with Crippen molar-refractivity contribution in [1.29, 1.82) is 0 Å². The van der Waals surface area contributed by atoms with E-state index in [4.69, 9.17) is 9.47 Å². The maximum absolute atomic E-state index is 13.5. The topological polar surface area (TPSA) is 33.7 Å². The fourth-order valence-electron chi connectivity index (χ4n) is 1.94. The van der Waals surface area contributed by atoms with Crippen LogP contribution in [0.25, 0.3) is 0 Å². The number of halogens is 1. The van der Waals surface area contributed by atoms with Crippen molar-refractivity contribution in [1.82, 2.24) is 4.90 Å². The summed E-state index contributed by atoms with van der Waals surface area (Å²) in [7, 11) is 1.57. The third kappa shape index (κ3) is 3.58. The van der Waals surface area contributed by atoms with Gasteiger partial charge >= 0.3 is 0 Å². The molecule has 0 spiro atoms. The molecule has 1 aliphatic rings. The molecule has 0 amide bonds.